The molecule has 1 N–H and O–H groups in total. The fraction of sp³-hybridized carbons (Fsp3) is 0.353. The highest BCUT2D eigenvalue weighted by molar-refractivity contribution is 9.10. The molecule has 1 saturated heterocycles. The summed E-state index contributed by atoms with van der Waals surface area (Å²) < 4.78 is 6.26. The van der Waals surface area contributed by atoms with E-state index in [0.29, 0.717) is 0 Å². The fourth-order valence-electron chi connectivity index (χ4n) is 2.87. The first-order valence-corrected chi connectivity index (χ1v) is 9.33. The molecule has 1 aromatic heterocycles. The molecule has 0 bridgehead atoms. The zero-order valence-corrected chi connectivity index (χ0v) is 15.5. The molecule has 1 aromatic carbocycles. The van der Waals surface area contributed by atoms with Crippen LogP contribution in [0.2, 0.25) is 0 Å². The van der Waals surface area contributed by atoms with Crippen LogP contribution in [0.5, 0.6) is 5.75 Å². The first-order chi connectivity index (χ1) is 11.2. The average molecular weight is 396 g/mol. The van der Waals surface area contributed by atoms with Gasteiger partial charge in [0.2, 0.25) is 0 Å². The van der Waals surface area contributed by atoms with Crippen molar-refractivity contribution in [2.75, 3.05) is 33.3 Å². The second kappa shape index (κ2) is 7.47. The van der Waals surface area contributed by atoms with Crippen LogP contribution < -0.4 is 9.64 Å². The summed E-state index contributed by atoms with van der Waals surface area (Å²) in [7, 11) is 1.68. The Labute approximate surface area is 148 Å². The van der Waals surface area contributed by atoms with E-state index in [4.69, 9.17) is 4.74 Å². The first kappa shape index (κ1) is 16.5. The molecular formula is C17H20BrN2O2S+. The van der Waals surface area contributed by atoms with E-state index in [2.05, 4.69) is 28.1 Å². The van der Waals surface area contributed by atoms with Crippen LogP contribution in [0, 0.1) is 0 Å². The molecule has 0 unspecified atom stereocenters. The molecule has 0 saturated carbocycles. The third kappa shape index (κ3) is 3.94. The number of methoxy groups -OCH3 is 1. The highest BCUT2D eigenvalue weighted by Gasteiger charge is 2.25. The quantitative estimate of drug-likeness (QED) is 0.859. The maximum Gasteiger partial charge on any atom is 0.264 e. The van der Waals surface area contributed by atoms with Crippen LogP contribution in [0.4, 0.5) is 0 Å². The van der Waals surface area contributed by atoms with Crippen molar-refractivity contribution in [3.63, 3.8) is 0 Å². The molecule has 1 aliphatic rings. The predicted octanol–water partition coefficient (Wildman–Crippen LogP) is 2.06. The van der Waals surface area contributed by atoms with Gasteiger partial charge in [-0.25, -0.2) is 0 Å². The Bertz CT molecular complexity index is 667. The number of rotatable bonds is 4. The molecule has 0 radical (unpaired) electrons. The van der Waals surface area contributed by atoms with E-state index in [-0.39, 0.29) is 5.91 Å². The lowest BCUT2D eigenvalue weighted by molar-refractivity contribution is -0.917. The lowest BCUT2D eigenvalue weighted by Gasteiger charge is -2.32. The average Bonchev–Trinajstić information content (AvgIpc) is 3.09. The summed E-state index contributed by atoms with van der Waals surface area (Å²) in [5.74, 6) is 1.03. The van der Waals surface area contributed by atoms with Crippen LogP contribution in [-0.2, 0) is 6.54 Å². The Morgan fingerprint density at radius 1 is 1.35 bits per heavy atom. The largest absolute Gasteiger partial charge is 0.496 e. The Morgan fingerprint density at radius 2 is 2.13 bits per heavy atom. The van der Waals surface area contributed by atoms with Crippen LogP contribution in [-0.4, -0.2) is 44.1 Å². The van der Waals surface area contributed by atoms with Gasteiger partial charge in [0.15, 0.2) is 0 Å². The maximum atomic E-state index is 12.3. The summed E-state index contributed by atoms with van der Waals surface area (Å²) in [4.78, 5) is 16.7. The lowest BCUT2D eigenvalue weighted by atomic mass is 10.2. The fourth-order valence-corrected chi connectivity index (χ4v) is 4.15. The van der Waals surface area contributed by atoms with Crippen molar-refractivity contribution < 1.29 is 14.4 Å². The zero-order chi connectivity index (χ0) is 16.2. The monoisotopic (exact) mass is 395 g/mol. The van der Waals surface area contributed by atoms with E-state index < -0.39 is 0 Å². The molecule has 2 aromatic rings. The SMILES string of the molecule is COc1ccc(C[NH+]2CCN(C(=O)c3cccs3)CC2)cc1Br. The van der Waals surface area contributed by atoms with E-state index in [1.165, 1.54) is 21.8 Å². The standard InChI is InChI=1S/C17H19BrN2O2S/c1-22-15-5-4-13(11-14(15)18)12-19-6-8-20(9-7-19)17(21)16-3-2-10-23-16/h2-5,10-11H,6-9,12H2,1H3/p+1. The maximum absolute atomic E-state index is 12.3. The normalized spacial score (nSPS) is 15.7. The molecule has 0 spiro atoms. The second-order valence-corrected chi connectivity index (χ2v) is 7.47. The third-order valence-corrected chi connectivity index (χ3v) is 5.64. The molecule has 1 fully saturated rings. The number of ether oxygens (including phenoxy) is 1. The Kier molecular flexibility index (Phi) is 5.35. The van der Waals surface area contributed by atoms with Gasteiger partial charge in [0, 0.05) is 5.56 Å². The molecule has 1 aliphatic heterocycles. The third-order valence-electron chi connectivity index (χ3n) is 4.16. The van der Waals surface area contributed by atoms with Crippen molar-refractivity contribution in [3.8, 4) is 5.75 Å². The number of quaternary nitrogens is 1. The van der Waals surface area contributed by atoms with Gasteiger partial charge in [-0.2, -0.15) is 0 Å². The van der Waals surface area contributed by atoms with Gasteiger partial charge in [0.05, 0.1) is 42.6 Å². The number of hydrogen-bond donors (Lipinski definition) is 1. The molecule has 3 rings (SSSR count). The van der Waals surface area contributed by atoms with Crippen LogP contribution in [0.15, 0.2) is 40.2 Å². The molecular weight excluding hydrogens is 376 g/mol. The molecule has 1 amide bonds. The van der Waals surface area contributed by atoms with E-state index in [0.717, 1.165) is 47.8 Å². The zero-order valence-electron chi connectivity index (χ0n) is 13.0. The molecule has 23 heavy (non-hydrogen) atoms. The van der Waals surface area contributed by atoms with Gasteiger partial charge in [-0.3, -0.25) is 4.79 Å². The van der Waals surface area contributed by atoms with Crippen molar-refractivity contribution in [1.29, 1.82) is 0 Å². The van der Waals surface area contributed by atoms with Crippen molar-refractivity contribution in [2.24, 2.45) is 0 Å². The van der Waals surface area contributed by atoms with Gasteiger partial charge in [-0.15, -0.1) is 11.3 Å². The van der Waals surface area contributed by atoms with Crippen molar-refractivity contribution in [3.05, 3.63) is 50.6 Å². The van der Waals surface area contributed by atoms with Gasteiger partial charge in [0.25, 0.3) is 5.91 Å². The minimum atomic E-state index is 0.172. The molecule has 4 nitrogen and oxygen atoms in total. The smallest absolute Gasteiger partial charge is 0.264 e. The minimum Gasteiger partial charge on any atom is -0.496 e. The highest BCUT2D eigenvalue weighted by atomic mass is 79.9. The van der Waals surface area contributed by atoms with Gasteiger partial charge in [-0.05, 0) is 45.6 Å². The number of piperazine rings is 1. The topological polar surface area (TPSA) is 34.0 Å². The molecule has 0 atom stereocenters. The molecule has 0 aliphatic carbocycles. The summed E-state index contributed by atoms with van der Waals surface area (Å²) in [6, 6.07) is 10.1. The second-order valence-electron chi connectivity index (χ2n) is 5.67. The first-order valence-electron chi connectivity index (χ1n) is 7.66. The van der Waals surface area contributed by atoms with Crippen LogP contribution in [0.1, 0.15) is 15.2 Å². The number of hydrogen-bond acceptors (Lipinski definition) is 3. The predicted molar refractivity (Wildman–Crippen MR) is 95.3 cm³/mol. The summed E-state index contributed by atoms with van der Waals surface area (Å²) >= 11 is 5.05. The number of halogens is 1. The number of carbonyl (C=O) groups is 1. The van der Waals surface area contributed by atoms with Gasteiger partial charge >= 0.3 is 0 Å². The number of benzene rings is 1. The Hall–Kier alpha value is -1.37. The van der Waals surface area contributed by atoms with E-state index >= 15 is 0 Å². The van der Waals surface area contributed by atoms with Gasteiger partial charge in [0.1, 0.15) is 12.3 Å². The number of carbonyl (C=O) groups excluding carboxylic acids is 1. The van der Waals surface area contributed by atoms with E-state index in [9.17, 15) is 4.79 Å². The lowest BCUT2D eigenvalue weighted by Crippen LogP contribution is -3.13. The van der Waals surface area contributed by atoms with Gasteiger partial charge < -0.3 is 14.5 Å². The molecule has 2 heterocycles. The van der Waals surface area contributed by atoms with Crippen LogP contribution in [0.3, 0.4) is 0 Å². The van der Waals surface area contributed by atoms with Crippen molar-refractivity contribution in [1.82, 2.24) is 4.90 Å². The molecule has 122 valence electrons. The summed E-state index contributed by atoms with van der Waals surface area (Å²) in [6.45, 7) is 4.60. The summed E-state index contributed by atoms with van der Waals surface area (Å²) in [5, 5.41) is 1.95. The number of amides is 1. The number of nitrogens with one attached hydrogen (secondary N) is 1. The van der Waals surface area contributed by atoms with Crippen LogP contribution in [0.25, 0.3) is 0 Å². The van der Waals surface area contributed by atoms with Crippen molar-refractivity contribution >= 4 is 33.2 Å². The van der Waals surface area contributed by atoms with E-state index in [1.807, 2.05) is 28.5 Å². The number of thiophene rings is 1. The summed E-state index contributed by atoms with van der Waals surface area (Å²) in [5.41, 5.74) is 1.28. The van der Waals surface area contributed by atoms with Gasteiger partial charge in [-0.1, -0.05) is 6.07 Å². The summed E-state index contributed by atoms with van der Waals surface area (Å²) in [6.07, 6.45) is 0. The Morgan fingerprint density at radius 3 is 2.74 bits per heavy atom. The molecule has 6 heteroatoms. The minimum absolute atomic E-state index is 0.172. The van der Waals surface area contributed by atoms with Crippen molar-refractivity contribution in [2.45, 2.75) is 6.54 Å². The Balaban J connectivity index is 1.55. The highest BCUT2D eigenvalue weighted by Crippen LogP contribution is 2.25. The number of nitrogens with zero attached hydrogens (tertiary/aromatic N) is 1. The van der Waals surface area contributed by atoms with Crippen LogP contribution >= 0.6 is 27.3 Å². The van der Waals surface area contributed by atoms with E-state index in [1.54, 1.807) is 7.11 Å².